The predicted octanol–water partition coefficient (Wildman–Crippen LogP) is 4.04. The monoisotopic (exact) mass is 213 g/mol. The van der Waals surface area contributed by atoms with Crippen LogP contribution in [-0.4, -0.2) is 24.5 Å². The number of piperidine rings is 1. The lowest BCUT2D eigenvalue weighted by Crippen LogP contribution is -2.36. The number of hydrogen-bond donors (Lipinski definition) is 0. The van der Waals surface area contributed by atoms with Gasteiger partial charge >= 0.3 is 0 Å². The smallest absolute Gasteiger partial charge is 0.000439 e. The zero-order valence-electron chi connectivity index (χ0n) is 10.4. The molecule has 0 N–H and O–H groups in total. The van der Waals surface area contributed by atoms with Crippen LogP contribution in [0.2, 0.25) is 0 Å². The summed E-state index contributed by atoms with van der Waals surface area (Å²) in [6.45, 7) is 13.3. The third kappa shape index (κ3) is 6.19. The van der Waals surface area contributed by atoms with Crippen molar-refractivity contribution in [3.8, 4) is 0 Å². The van der Waals surface area contributed by atoms with Crippen molar-refractivity contribution in [2.45, 2.75) is 54.4 Å². The SMILES string of the molecule is C.CC(C)CC1CCN(CC(C)C)CC1. The molecule has 0 bridgehead atoms. The van der Waals surface area contributed by atoms with Crippen molar-refractivity contribution in [3.63, 3.8) is 0 Å². The molecule has 0 aromatic carbocycles. The van der Waals surface area contributed by atoms with Crippen LogP contribution in [0.5, 0.6) is 0 Å². The molecule has 1 aliphatic rings. The summed E-state index contributed by atoms with van der Waals surface area (Å²) < 4.78 is 0. The predicted molar refractivity (Wildman–Crippen MR) is 70.2 cm³/mol. The topological polar surface area (TPSA) is 3.24 Å². The van der Waals surface area contributed by atoms with Gasteiger partial charge in [-0.3, -0.25) is 0 Å². The first-order chi connectivity index (χ1) is 6.58. The van der Waals surface area contributed by atoms with Crippen LogP contribution in [0.3, 0.4) is 0 Å². The molecule has 0 saturated carbocycles. The van der Waals surface area contributed by atoms with E-state index in [0.29, 0.717) is 0 Å². The molecule has 1 heteroatoms. The highest BCUT2D eigenvalue weighted by atomic mass is 15.1. The highest BCUT2D eigenvalue weighted by Gasteiger charge is 2.19. The maximum Gasteiger partial charge on any atom is 0.000439 e. The van der Waals surface area contributed by atoms with Gasteiger partial charge in [-0.1, -0.05) is 35.1 Å². The molecule has 1 aliphatic heterocycles. The Balaban J connectivity index is 0.00000196. The number of likely N-dealkylation sites (tertiary alicyclic amines) is 1. The summed E-state index contributed by atoms with van der Waals surface area (Å²) >= 11 is 0. The molecule has 0 aliphatic carbocycles. The largest absolute Gasteiger partial charge is 0.303 e. The van der Waals surface area contributed by atoms with Crippen LogP contribution >= 0.6 is 0 Å². The van der Waals surface area contributed by atoms with E-state index in [0.717, 1.165) is 17.8 Å². The molecule has 1 nitrogen and oxygen atoms in total. The van der Waals surface area contributed by atoms with Crippen molar-refractivity contribution in [1.82, 2.24) is 4.90 Å². The lowest BCUT2D eigenvalue weighted by Gasteiger charge is -2.33. The van der Waals surface area contributed by atoms with E-state index in [1.807, 2.05) is 0 Å². The van der Waals surface area contributed by atoms with E-state index in [1.165, 1.54) is 38.9 Å². The van der Waals surface area contributed by atoms with Gasteiger partial charge in [-0.15, -0.1) is 0 Å². The first-order valence-corrected chi connectivity index (χ1v) is 6.30. The Kier molecular flexibility index (Phi) is 7.25. The Bertz CT molecular complexity index is 125. The van der Waals surface area contributed by atoms with Crippen LogP contribution in [0.25, 0.3) is 0 Å². The van der Waals surface area contributed by atoms with Crippen molar-refractivity contribution in [3.05, 3.63) is 0 Å². The van der Waals surface area contributed by atoms with Crippen LogP contribution in [0.1, 0.15) is 54.4 Å². The van der Waals surface area contributed by atoms with Crippen molar-refractivity contribution < 1.29 is 0 Å². The quantitative estimate of drug-likeness (QED) is 0.681. The molecule has 1 rings (SSSR count). The van der Waals surface area contributed by atoms with Gasteiger partial charge in [-0.25, -0.2) is 0 Å². The minimum absolute atomic E-state index is 0. The van der Waals surface area contributed by atoms with Gasteiger partial charge < -0.3 is 4.90 Å². The molecule has 1 saturated heterocycles. The lowest BCUT2D eigenvalue weighted by atomic mass is 9.88. The summed E-state index contributed by atoms with van der Waals surface area (Å²) in [4.78, 5) is 2.64. The molecular weight excluding hydrogens is 182 g/mol. The molecule has 0 aromatic rings. The molecule has 0 unspecified atom stereocenters. The van der Waals surface area contributed by atoms with Crippen LogP contribution in [0, 0.1) is 17.8 Å². The standard InChI is InChI=1S/C13H27N.CH4/c1-11(2)9-13-5-7-14(8-6-13)10-12(3)4;/h11-13H,5-10H2,1-4H3;1H4. The second-order valence-electron chi connectivity index (χ2n) is 5.77. The van der Waals surface area contributed by atoms with Crippen molar-refractivity contribution in [1.29, 1.82) is 0 Å². The van der Waals surface area contributed by atoms with Gasteiger partial charge in [0.1, 0.15) is 0 Å². The molecule has 0 amide bonds. The van der Waals surface area contributed by atoms with Gasteiger partial charge in [0.2, 0.25) is 0 Å². The van der Waals surface area contributed by atoms with Gasteiger partial charge in [0, 0.05) is 6.54 Å². The van der Waals surface area contributed by atoms with Crippen molar-refractivity contribution >= 4 is 0 Å². The summed E-state index contributed by atoms with van der Waals surface area (Å²) in [5.74, 6) is 2.73. The van der Waals surface area contributed by atoms with Crippen LogP contribution in [-0.2, 0) is 0 Å². The zero-order chi connectivity index (χ0) is 10.6. The third-order valence-electron chi connectivity index (χ3n) is 3.14. The fourth-order valence-corrected chi connectivity index (χ4v) is 2.59. The lowest BCUT2D eigenvalue weighted by molar-refractivity contribution is 0.156. The number of rotatable bonds is 4. The Morgan fingerprint density at radius 2 is 1.53 bits per heavy atom. The molecule has 1 fully saturated rings. The fourth-order valence-electron chi connectivity index (χ4n) is 2.59. The highest BCUT2D eigenvalue weighted by molar-refractivity contribution is 4.73. The summed E-state index contributed by atoms with van der Waals surface area (Å²) in [7, 11) is 0. The maximum atomic E-state index is 2.64. The van der Waals surface area contributed by atoms with E-state index in [-0.39, 0.29) is 7.43 Å². The Morgan fingerprint density at radius 3 is 1.93 bits per heavy atom. The molecule has 92 valence electrons. The molecule has 0 radical (unpaired) electrons. The van der Waals surface area contributed by atoms with E-state index < -0.39 is 0 Å². The van der Waals surface area contributed by atoms with E-state index in [1.54, 1.807) is 0 Å². The van der Waals surface area contributed by atoms with Crippen LogP contribution in [0.15, 0.2) is 0 Å². The summed E-state index contributed by atoms with van der Waals surface area (Å²) in [6, 6.07) is 0. The normalized spacial score (nSPS) is 19.6. The average molecular weight is 213 g/mol. The molecule has 0 atom stereocenters. The number of nitrogens with zero attached hydrogens (tertiary/aromatic N) is 1. The second kappa shape index (κ2) is 7.27. The average Bonchev–Trinajstić information content (AvgIpc) is 2.06. The van der Waals surface area contributed by atoms with Gasteiger partial charge in [-0.05, 0) is 50.1 Å². The summed E-state index contributed by atoms with van der Waals surface area (Å²) in [6.07, 6.45) is 4.31. The second-order valence-corrected chi connectivity index (χ2v) is 5.77. The van der Waals surface area contributed by atoms with Gasteiger partial charge in [-0.2, -0.15) is 0 Å². The van der Waals surface area contributed by atoms with E-state index in [2.05, 4.69) is 32.6 Å². The minimum atomic E-state index is 0. The first kappa shape index (κ1) is 15.0. The maximum absolute atomic E-state index is 2.64. The Morgan fingerprint density at radius 1 is 1.00 bits per heavy atom. The van der Waals surface area contributed by atoms with E-state index in [4.69, 9.17) is 0 Å². The Labute approximate surface area is 97.2 Å². The summed E-state index contributed by atoms with van der Waals surface area (Å²) in [5, 5.41) is 0. The molecule has 0 spiro atoms. The van der Waals surface area contributed by atoms with Gasteiger partial charge in [0.25, 0.3) is 0 Å². The summed E-state index contributed by atoms with van der Waals surface area (Å²) in [5.41, 5.74) is 0. The fraction of sp³-hybridized carbons (Fsp3) is 1.00. The highest BCUT2D eigenvalue weighted by Crippen LogP contribution is 2.24. The van der Waals surface area contributed by atoms with E-state index >= 15 is 0 Å². The molecule has 0 aromatic heterocycles. The number of hydrogen-bond acceptors (Lipinski definition) is 1. The Hall–Kier alpha value is -0.0400. The first-order valence-electron chi connectivity index (χ1n) is 6.30. The van der Waals surface area contributed by atoms with Gasteiger partial charge in [0.05, 0.1) is 0 Å². The molecular formula is C14H31N. The van der Waals surface area contributed by atoms with Crippen molar-refractivity contribution in [2.75, 3.05) is 19.6 Å². The third-order valence-corrected chi connectivity index (χ3v) is 3.14. The molecule has 1 heterocycles. The zero-order valence-corrected chi connectivity index (χ0v) is 10.4. The van der Waals surface area contributed by atoms with Crippen molar-refractivity contribution in [2.24, 2.45) is 17.8 Å². The van der Waals surface area contributed by atoms with Crippen LogP contribution < -0.4 is 0 Å². The molecule has 15 heavy (non-hydrogen) atoms. The van der Waals surface area contributed by atoms with Gasteiger partial charge in [0.15, 0.2) is 0 Å². The minimum Gasteiger partial charge on any atom is -0.303 e. The van der Waals surface area contributed by atoms with E-state index in [9.17, 15) is 0 Å². The van der Waals surface area contributed by atoms with Crippen LogP contribution in [0.4, 0.5) is 0 Å².